The quantitative estimate of drug-likeness (QED) is 0.417. The maximum Gasteiger partial charge on any atom is 0.186 e. The molecule has 0 bridgehead atoms. The summed E-state index contributed by atoms with van der Waals surface area (Å²) in [5, 5.41) is 0. The lowest BCUT2D eigenvalue weighted by Crippen LogP contribution is -2.23. The van der Waals surface area contributed by atoms with Gasteiger partial charge in [0.2, 0.25) is 0 Å². The average molecular weight is 285 g/mol. The molecule has 0 spiro atoms. The van der Waals surface area contributed by atoms with Crippen LogP contribution in [0.1, 0.15) is 0 Å². The van der Waals surface area contributed by atoms with Crippen LogP contribution in [0.25, 0.3) is 0 Å². The van der Waals surface area contributed by atoms with Crippen LogP contribution in [0.3, 0.4) is 0 Å². The van der Waals surface area contributed by atoms with Crippen molar-refractivity contribution in [2.24, 2.45) is 16.5 Å². The molecule has 0 saturated carbocycles. The second-order valence-electron chi connectivity index (χ2n) is 2.04. The Balaban J connectivity index is 0.00000121. The maximum absolute atomic E-state index is 5.15. The van der Waals surface area contributed by atoms with Gasteiger partial charge in [-0.15, -0.1) is 24.0 Å². The van der Waals surface area contributed by atoms with E-state index in [2.05, 4.69) is 4.99 Å². The van der Waals surface area contributed by atoms with Crippen LogP contribution < -0.4 is 11.5 Å². The third-order valence-corrected chi connectivity index (χ3v) is 1.12. The topological polar surface area (TPSA) is 82.9 Å². The Morgan fingerprint density at radius 3 is 2.75 bits per heavy atom. The first-order valence-corrected chi connectivity index (χ1v) is 3.28. The zero-order chi connectivity index (χ0) is 8.10. The van der Waals surface area contributed by atoms with E-state index in [9.17, 15) is 0 Å². The summed E-state index contributed by atoms with van der Waals surface area (Å²) in [6.45, 7) is 1.50. The van der Waals surface area contributed by atoms with Crippen LogP contribution in [0.15, 0.2) is 17.0 Å². The van der Waals surface area contributed by atoms with E-state index in [4.69, 9.17) is 20.9 Å². The number of aliphatic imine (C=N–C) groups is 1. The van der Waals surface area contributed by atoms with E-state index in [-0.39, 0.29) is 29.9 Å². The van der Waals surface area contributed by atoms with E-state index in [1.807, 2.05) is 0 Å². The average Bonchev–Trinajstić information content (AvgIpc) is 2.03. The minimum absolute atomic E-state index is 0. The fraction of sp³-hybridized carbons (Fsp3) is 0.500. The van der Waals surface area contributed by atoms with Crippen LogP contribution in [-0.2, 0) is 9.47 Å². The van der Waals surface area contributed by atoms with Gasteiger partial charge in [0.05, 0.1) is 0 Å². The smallest absolute Gasteiger partial charge is 0.186 e. The van der Waals surface area contributed by atoms with Crippen molar-refractivity contribution in [2.45, 2.75) is 0 Å². The number of hydrogen-bond donors (Lipinski definition) is 2. The van der Waals surface area contributed by atoms with Gasteiger partial charge in [-0.1, -0.05) is 0 Å². The summed E-state index contributed by atoms with van der Waals surface area (Å²) in [5.74, 6) is 0.713. The van der Waals surface area contributed by atoms with Crippen molar-refractivity contribution >= 4 is 29.9 Å². The molecular formula is C6H12IN3O2. The zero-order valence-corrected chi connectivity index (χ0v) is 8.86. The molecule has 0 aromatic carbocycles. The summed E-state index contributed by atoms with van der Waals surface area (Å²) in [6.07, 6.45) is 1.52. The highest BCUT2D eigenvalue weighted by Gasteiger charge is 2.02. The molecule has 0 saturated heterocycles. The lowest BCUT2D eigenvalue weighted by molar-refractivity contribution is 0.0834. The summed E-state index contributed by atoms with van der Waals surface area (Å²) in [5.41, 5.74) is 10.2. The van der Waals surface area contributed by atoms with Gasteiger partial charge in [0, 0.05) is 0 Å². The van der Waals surface area contributed by atoms with Gasteiger partial charge in [0.25, 0.3) is 0 Å². The third-order valence-electron chi connectivity index (χ3n) is 1.12. The van der Waals surface area contributed by atoms with E-state index in [1.165, 1.54) is 6.26 Å². The van der Waals surface area contributed by atoms with E-state index in [0.29, 0.717) is 25.5 Å². The highest BCUT2D eigenvalue weighted by Crippen LogP contribution is 2.03. The molecule has 70 valence electrons. The van der Waals surface area contributed by atoms with Crippen molar-refractivity contribution in [2.75, 3.05) is 19.8 Å². The number of rotatable bonds is 2. The molecule has 1 aliphatic rings. The number of ether oxygens (including phenoxy) is 2. The summed E-state index contributed by atoms with van der Waals surface area (Å²) in [6, 6.07) is 0. The predicted molar refractivity (Wildman–Crippen MR) is 56.1 cm³/mol. The van der Waals surface area contributed by atoms with Crippen molar-refractivity contribution in [3.8, 4) is 0 Å². The lowest BCUT2D eigenvalue weighted by atomic mass is 10.5. The highest BCUT2D eigenvalue weighted by atomic mass is 127. The normalized spacial score (nSPS) is 14.5. The summed E-state index contributed by atoms with van der Waals surface area (Å²) in [4.78, 5) is 3.75. The van der Waals surface area contributed by atoms with Gasteiger partial charge < -0.3 is 20.9 Å². The Morgan fingerprint density at radius 1 is 1.50 bits per heavy atom. The standard InChI is InChI=1S/C6H11N3O2.HI/c7-6(8)9-3-5-4-10-1-2-11-5;/h4H,1-3H2,(H4,7,8,9);1H. The van der Waals surface area contributed by atoms with Crippen LogP contribution in [0.5, 0.6) is 0 Å². The van der Waals surface area contributed by atoms with E-state index in [1.54, 1.807) is 0 Å². The number of guanidine groups is 1. The summed E-state index contributed by atoms with van der Waals surface area (Å²) in [7, 11) is 0. The molecular weight excluding hydrogens is 273 g/mol. The Morgan fingerprint density at radius 2 is 2.25 bits per heavy atom. The molecule has 4 N–H and O–H groups in total. The van der Waals surface area contributed by atoms with Crippen LogP contribution in [0.4, 0.5) is 0 Å². The summed E-state index contributed by atoms with van der Waals surface area (Å²) < 4.78 is 10.1. The predicted octanol–water partition coefficient (Wildman–Crippen LogP) is -0.234. The molecule has 0 aromatic heterocycles. The third kappa shape index (κ3) is 4.27. The molecule has 5 nitrogen and oxygen atoms in total. The van der Waals surface area contributed by atoms with Gasteiger partial charge in [0.15, 0.2) is 11.7 Å². The fourth-order valence-electron chi connectivity index (χ4n) is 0.659. The summed E-state index contributed by atoms with van der Waals surface area (Å²) >= 11 is 0. The molecule has 0 atom stereocenters. The molecule has 12 heavy (non-hydrogen) atoms. The van der Waals surface area contributed by atoms with E-state index >= 15 is 0 Å². The second kappa shape index (κ2) is 5.92. The molecule has 1 heterocycles. The second-order valence-corrected chi connectivity index (χ2v) is 2.04. The Kier molecular flexibility index (Phi) is 5.60. The molecule has 0 radical (unpaired) electrons. The highest BCUT2D eigenvalue weighted by molar-refractivity contribution is 14.0. The molecule has 0 unspecified atom stereocenters. The van der Waals surface area contributed by atoms with Gasteiger partial charge >= 0.3 is 0 Å². The van der Waals surface area contributed by atoms with Crippen molar-refractivity contribution in [1.82, 2.24) is 0 Å². The number of nitrogens with zero attached hydrogens (tertiary/aromatic N) is 1. The maximum atomic E-state index is 5.15. The van der Waals surface area contributed by atoms with E-state index < -0.39 is 0 Å². The van der Waals surface area contributed by atoms with Crippen LogP contribution in [-0.4, -0.2) is 25.7 Å². The Hall–Kier alpha value is -0.660. The van der Waals surface area contributed by atoms with Crippen molar-refractivity contribution in [3.63, 3.8) is 0 Å². The molecule has 1 aliphatic heterocycles. The van der Waals surface area contributed by atoms with Gasteiger partial charge in [0.1, 0.15) is 26.0 Å². The van der Waals surface area contributed by atoms with Crippen molar-refractivity contribution in [1.29, 1.82) is 0 Å². The molecule has 0 fully saturated rings. The molecule has 6 heteroatoms. The van der Waals surface area contributed by atoms with Gasteiger partial charge in [-0.3, -0.25) is 0 Å². The first-order chi connectivity index (χ1) is 5.29. The van der Waals surface area contributed by atoms with Crippen LogP contribution in [0.2, 0.25) is 0 Å². The molecule has 0 amide bonds. The molecule has 0 aromatic rings. The van der Waals surface area contributed by atoms with Crippen molar-refractivity contribution in [3.05, 3.63) is 12.0 Å². The van der Waals surface area contributed by atoms with Crippen LogP contribution in [0, 0.1) is 0 Å². The van der Waals surface area contributed by atoms with Gasteiger partial charge in [-0.2, -0.15) is 0 Å². The first-order valence-electron chi connectivity index (χ1n) is 3.28. The van der Waals surface area contributed by atoms with Gasteiger partial charge in [-0.25, -0.2) is 4.99 Å². The monoisotopic (exact) mass is 285 g/mol. The largest absolute Gasteiger partial charge is 0.494 e. The minimum Gasteiger partial charge on any atom is -0.494 e. The van der Waals surface area contributed by atoms with Crippen LogP contribution >= 0.6 is 24.0 Å². The number of hydrogen-bond acceptors (Lipinski definition) is 3. The van der Waals surface area contributed by atoms with Gasteiger partial charge in [-0.05, 0) is 0 Å². The SMILES string of the molecule is I.NC(N)=NCC1=COCCO1. The Labute approximate surface area is 87.8 Å². The fourth-order valence-corrected chi connectivity index (χ4v) is 0.659. The van der Waals surface area contributed by atoms with Crippen molar-refractivity contribution < 1.29 is 9.47 Å². The number of halogens is 1. The Bertz CT molecular complexity index is 189. The molecule has 0 aliphatic carbocycles. The zero-order valence-electron chi connectivity index (χ0n) is 6.53. The minimum atomic E-state index is 0. The molecule has 1 rings (SSSR count). The van der Waals surface area contributed by atoms with E-state index in [0.717, 1.165) is 0 Å². The number of nitrogens with two attached hydrogens (primary N) is 2. The lowest BCUT2D eigenvalue weighted by Gasteiger charge is -2.13. The first kappa shape index (κ1) is 11.3.